The first-order chi connectivity index (χ1) is 9.38. The normalized spacial score (nSPS) is 10.9. The van der Waals surface area contributed by atoms with E-state index in [-0.39, 0.29) is 0 Å². The van der Waals surface area contributed by atoms with Crippen molar-refractivity contribution >= 4 is 0 Å². The highest BCUT2D eigenvalue weighted by molar-refractivity contribution is 5.38. The molecule has 0 aliphatic carbocycles. The highest BCUT2D eigenvalue weighted by Crippen LogP contribution is 2.20. The zero-order valence-electron chi connectivity index (χ0n) is 13.5. The molecule has 0 aliphatic rings. The number of rotatable bonds is 3. The molecule has 2 nitrogen and oxygen atoms in total. The third-order valence-corrected chi connectivity index (χ3v) is 4.11. The van der Waals surface area contributed by atoms with Gasteiger partial charge in [0.1, 0.15) is 0 Å². The zero-order valence-corrected chi connectivity index (χ0v) is 13.5. The molecule has 0 fully saturated rings. The molecule has 2 heterocycles. The number of aromatic nitrogens is 2. The maximum Gasteiger partial charge on any atom is 0.0412 e. The van der Waals surface area contributed by atoms with E-state index in [1.165, 1.54) is 27.9 Å². The van der Waals surface area contributed by atoms with Gasteiger partial charge in [0.15, 0.2) is 0 Å². The lowest BCUT2D eigenvalue weighted by Gasteiger charge is -2.14. The second-order valence-corrected chi connectivity index (χ2v) is 5.79. The second kappa shape index (κ2) is 5.74. The standard InChI is InChI=1S/C18H24N2/c1-11-9-12(2)19-17(10-11)7-8-18-14(4)13(3)15(5)20-16(18)6/h9-10H,7-8H2,1-6H3. The van der Waals surface area contributed by atoms with Gasteiger partial charge in [-0.2, -0.15) is 0 Å². The van der Waals surface area contributed by atoms with Crippen LogP contribution in [0.3, 0.4) is 0 Å². The summed E-state index contributed by atoms with van der Waals surface area (Å²) < 4.78 is 0. The molecule has 106 valence electrons. The molecule has 2 rings (SSSR count). The van der Waals surface area contributed by atoms with Crippen molar-refractivity contribution in [3.05, 3.63) is 57.2 Å². The first kappa shape index (κ1) is 14.7. The van der Waals surface area contributed by atoms with Crippen LogP contribution < -0.4 is 0 Å². The average molecular weight is 268 g/mol. The van der Waals surface area contributed by atoms with Gasteiger partial charge < -0.3 is 0 Å². The van der Waals surface area contributed by atoms with Crippen molar-refractivity contribution in [3.8, 4) is 0 Å². The van der Waals surface area contributed by atoms with Crippen molar-refractivity contribution in [1.29, 1.82) is 0 Å². The summed E-state index contributed by atoms with van der Waals surface area (Å²) in [5.74, 6) is 0. The summed E-state index contributed by atoms with van der Waals surface area (Å²) in [6.45, 7) is 12.8. The Morgan fingerprint density at radius 3 is 2.10 bits per heavy atom. The lowest BCUT2D eigenvalue weighted by molar-refractivity contribution is 0.865. The lowest BCUT2D eigenvalue weighted by Crippen LogP contribution is -2.05. The summed E-state index contributed by atoms with van der Waals surface area (Å²) >= 11 is 0. The Morgan fingerprint density at radius 2 is 1.45 bits per heavy atom. The van der Waals surface area contributed by atoms with E-state index in [1.807, 2.05) is 0 Å². The Morgan fingerprint density at radius 1 is 0.750 bits per heavy atom. The van der Waals surface area contributed by atoms with Crippen molar-refractivity contribution in [2.45, 2.75) is 54.4 Å². The van der Waals surface area contributed by atoms with E-state index >= 15 is 0 Å². The van der Waals surface area contributed by atoms with E-state index in [9.17, 15) is 0 Å². The van der Waals surface area contributed by atoms with Gasteiger partial charge in [0.25, 0.3) is 0 Å². The fourth-order valence-corrected chi connectivity index (χ4v) is 2.85. The molecule has 0 bridgehead atoms. The molecular formula is C18H24N2. The number of aryl methyl sites for hydroxylation is 5. The van der Waals surface area contributed by atoms with Gasteiger partial charge in [-0.1, -0.05) is 0 Å². The van der Waals surface area contributed by atoms with Gasteiger partial charge in [0, 0.05) is 22.8 Å². The Bertz CT molecular complexity index is 622. The summed E-state index contributed by atoms with van der Waals surface area (Å²) in [5.41, 5.74) is 9.97. The highest BCUT2D eigenvalue weighted by atomic mass is 14.7. The molecule has 0 spiro atoms. The molecule has 0 radical (unpaired) electrons. The van der Waals surface area contributed by atoms with Gasteiger partial charge in [-0.15, -0.1) is 0 Å². The molecular weight excluding hydrogens is 244 g/mol. The number of hydrogen-bond acceptors (Lipinski definition) is 2. The maximum atomic E-state index is 4.66. The minimum absolute atomic E-state index is 0.981. The van der Waals surface area contributed by atoms with Gasteiger partial charge in [-0.05, 0) is 88.8 Å². The molecule has 0 atom stereocenters. The van der Waals surface area contributed by atoms with Crippen molar-refractivity contribution < 1.29 is 0 Å². The third kappa shape index (κ3) is 3.06. The van der Waals surface area contributed by atoms with Gasteiger partial charge in [-0.3, -0.25) is 9.97 Å². The average Bonchev–Trinajstić information content (AvgIpc) is 2.35. The predicted molar refractivity (Wildman–Crippen MR) is 84.3 cm³/mol. The number of pyridine rings is 2. The summed E-state index contributed by atoms with van der Waals surface area (Å²) in [5, 5.41) is 0. The zero-order chi connectivity index (χ0) is 14.9. The molecule has 0 unspecified atom stereocenters. The highest BCUT2D eigenvalue weighted by Gasteiger charge is 2.10. The van der Waals surface area contributed by atoms with E-state index in [0.717, 1.165) is 29.9 Å². The molecule has 20 heavy (non-hydrogen) atoms. The topological polar surface area (TPSA) is 25.8 Å². The van der Waals surface area contributed by atoms with Crippen LogP contribution in [-0.4, -0.2) is 9.97 Å². The van der Waals surface area contributed by atoms with E-state index in [4.69, 9.17) is 0 Å². The van der Waals surface area contributed by atoms with Crippen LogP contribution in [-0.2, 0) is 12.8 Å². The van der Waals surface area contributed by atoms with E-state index < -0.39 is 0 Å². The van der Waals surface area contributed by atoms with E-state index in [2.05, 4.69) is 63.6 Å². The van der Waals surface area contributed by atoms with Crippen LogP contribution in [0.15, 0.2) is 12.1 Å². The maximum absolute atomic E-state index is 4.66. The molecule has 0 saturated heterocycles. The molecule has 0 aliphatic heterocycles. The minimum atomic E-state index is 0.981. The molecule has 0 saturated carbocycles. The largest absolute Gasteiger partial charge is 0.258 e. The molecule has 2 heteroatoms. The molecule has 0 amide bonds. The van der Waals surface area contributed by atoms with Gasteiger partial charge in [-0.25, -0.2) is 0 Å². The third-order valence-electron chi connectivity index (χ3n) is 4.11. The van der Waals surface area contributed by atoms with Crippen molar-refractivity contribution in [2.75, 3.05) is 0 Å². The van der Waals surface area contributed by atoms with Crippen LogP contribution in [0.1, 0.15) is 45.0 Å². The summed E-state index contributed by atoms with van der Waals surface area (Å²) in [7, 11) is 0. The monoisotopic (exact) mass is 268 g/mol. The quantitative estimate of drug-likeness (QED) is 0.837. The SMILES string of the molecule is Cc1cc(C)nc(CCc2c(C)nc(C)c(C)c2C)c1. The van der Waals surface area contributed by atoms with Crippen LogP contribution >= 0.6 is 0 Å². The second-order valence-electron chi connectivity index (χ2n) is 5.79. The van der Waals surface area contributed by atoms with Crippen LogP contribution in [0, 0.1) is 41.5 Å². The lowest BCUT2D eigenvalue weighted by atomic mass is 9.96. The fourth-order valence-electron chi connectivity index (χ4n) is 2.85. The number of nitrogens with zero attached hydrogens (tertiary/aromatic N) is 2. The Balaban J connectivity index is 2.25. The molecule has 0 N–H and O–H groups in total. The van der Waals surface area contributed by atoms with Crippen LogP contribution in [0.25, 0.3) is 0 Å². The van der Waals surface area contributed by atoms with E-state index in [0.29, 0.717) is 0 Å². The van der Waals surface area contributed by atoms with Crippen LogP contribution in [0.5, 0.6) is 0 Å². The van der Waals surface area contributed by atoms with Gasteiger partial charge >= 0.3 is 0 Å². The molecule has 0 aromatic carbocycles. The smallest absolute Gasteiger partial charge is 0.0412 e. The first-order valence-electron chi connectivity index (χ1n) is 7.26. The Hall–Kier alpha value is -1.70. The van der Waals surface area contributed by atoms with Crippen LogP contribution in [0.2, 0.25) is 0 Å². The predicted octanol–water partition coefficient (Wildman–Crippen LogP) is 4.11. The van der Waals surface area contributed by atoms with E-state index in [1.54, 1.807) is 0 Å². The minimum Gasteiger partial charge on any atom is -0.258 e. The van der Waals surface area contributed by atoms with Crippen LogP contribution in [0.4, 0.5) is 0 Å². The van der Waals surface area contributed by atoms with Crippen molar-refractivity contribution in [3.63, 3.8) is 0 Å². The first-order valence-corrected chi connectivity index (χ1v) is 7.26. The number of hydrogen-bond donors (Lipinski definition) is 0. The van der Waals surface area contributed by atoms with Crippen molar-refractivity contribution in [2.24, 2.45) is 0 Å². The molecule has 2 aromatic heterocycles. The van der Waals surface area contributed by atoms with Crippen molar-refractivity contribution in [1.82, 2.24) is 9.97 Å². The fraction of sp³-hybridized carbons (Fsp3) is 0.444. The summed E-state index contributed by atoms with van der Waals surface area (Å²) in [6.07, 6.45) is 2.00. The Kier molecular flexibility index (Phi) is 4.22. The molecule has 2 aromatic rings. The van der Waals surface area contributed by atoms with Gasteiger partial charge in [0.05, 0.1) is 0 Å². The van der Waals surface area contributed by atoms with Gasteiger partial charge in [0.2, 0.25) is 0 Å². The summed E-state index contributed by atoms with van der Waals surface area (Å²) in [4.78, 5) is 9.29. The summed E-state index contributed by atoms with van der Waals surface area (Å²) in [6, 6.07) is 4.31. The Labute approximate surface area is 122 Å².